The molecule has 1 nitrogen and oxygen atoms in total. The fraction of sp³-hybridized carbons (Fsp3) is 1.00. The first-order valence-electron chi connectivity index (χ1n) is 6.36. The van der Waals surface area contributed by atoms with Crippen LogP contribution < -0.4 is 5.32 Å². The van der Waals surface area contributed by atoms with Gasteiger partial charge in [-0.15, -0.1) is 0 Å². The molecule has 1 N–H and O–H groups in total. The Morgan fingerprint density at radius 1 is 1.29 bits per heavy atom. The third-order valence-electron chi connectivity index (χ3n) is 3.86. The molecule has 0 bridgehead atoms. The second-order valence-electron chi connectivity index (χ2n) is 5.42. The monoisotopic (exact) mass is 197 g/mol. The van der Waals surface area contributed by atoms with Gasteiger partial charge in [0, 0.05) is 6.04 Å². The molecule has 1 rings (SSSR count). The third kappa shape index (κ3) is 3.61. The summed E-state index contributed by atoms with van der Waals surface area (Å²) in [7, 11) is 0. The van der Waals surface area contributed by atoms with Crippen molar-refractivity contribution in [3.63, 3.8) is 0 Å². The standard InChI is InChI=1S/C13H27N/c1-5-10(2)9-14-13-7-6-11(3)8-12(13)4/h10-14H,5-9H2,1-4H3. The van der Waals surface area contributed by atoms with Crippen LogP contribution in [0.25, 0.3) is 0 Å². The summed E-state index contributed by atoms with van der Waals surface area (Å²) in [5.74, 6) is 2.66. The van der Waals surface area contributed by atoms with Crippen molar-refractivity contribution in [3.05, 3.63) is 0 Å². The second-order valence-corrected chi connectivity index (χ2v) is 5.42. The molecule has 0 saturated heterocycles. The largest absolute Gasteiger partial charge is 0.313 e. The Hall–Kier alpha value is -0.0400. The van der Waals surface area contributed by atoms with E-state index in [1.54, 1.807) is 0 Å². The number of rotatable bonds is 4. The SMILES string of the molecule is CCC(C)CNC1CCC(C)CC1C. The minimum absolute atomic E-state index is 0.792. The Kier molecular flexibility index (Phi) is 4.94. The van der Waals surface area contributed by atoms with E-state index in [0.29, 0.717) is 0 Å². The van der Waals surface area contributed by atoms with Crippen LogP contribution in [-0.2, 0) is 0 Å². The van der Waals surface area contributed by atoms with Crippen molar-refractivity contribution in [1.82, 2.24) is 5.32 Å². The number of nitrogens with one attached hydrogen (secondary N) is 1. The first-order chi connectivity index (χ1) is 6.63. The zero-order valence-electron chi connectivity index (χ0n) is 10.3. The third-order valence-corrected chi connectivity index (χ3v) is 3.86. The molecule has 0 aliphatic heterocycles. The topological polar surface area (TPSA) is 12.0 Å². The van der Waals surface area contributed by atoms with E-state index in [9.17, 15) is 0 Å². The Labute approximate surface area is 89.7 Å². The van der Waals surface area contributed by atoms with Gasteiger partial charge in [-0.3, -0.25) is 0 Å². The molecule has 1 saturated carbocycles. The van der Waals surface area contributed by atoms with Crippen LogP contribution in [0.3, 0.4) is 0 Å². The van der Waals surface area contributed by atoms with Gasteiger partial charge >= 0.3 is 0 Å². The van der Waals surface area contributed by atoms with Gasteiger partial charge in [0.25, 0.3) is 0 Å². The fourth-order valence-electron chi connectivity index (χ4n) is 2.47. The number of hydrogen-bond acceptors (Lipinski definition) is 1. The van der Waals surface area contributed by atoms with Gasteiger partial charge < -0.3 is 5.32 Å². The summed E-state index contributed by atoms with van der Waals surface area (Å²) < 4.78 is 0. The lowest BCUT2D eigenvalue weighted by Crippen LogP contribution is -2.40. The molecule has 14 heavy (non-hydrogen) atoms. The highest BCUT2D eigenvalue weighted by Gasteiger charge is 2.24. The summed E-state index contributed by atoms with van der Waals surface area (Å²) in [5, 5.41) is 3.74. The zero-order chi connectivity index (χ0) is 10.6. The molecule has 0 aromatic rings. The minimum Gasteiger partial charge on any atom is -0.313 e. The Morgan fingerprint density at radius 3 is 2.57 bits per heavy atom. The summed E-state index contributed by atoms with van der Waals surface area (Å²) in [6.07, 6.45) is 5.52. The van der Waals surface area contributed by atoms with E-state index in [-0.39, 0.29) is 0 Å². The van der Waals surface area contributed by atoms with Crippen molar-refractivity contribution >= 4 is 0 Å². The van der Waals surface area contributed by atoms with Crippen LogP contribution in [0.5, 0.6) is 0 Å². The normalized spacial score (nSPS) is 35.6. The van der Waals surface area contributed by atoms with Crippen LogP contribution in [0.2, 0.25) is 0 Å². The molecule has 1 aliphatic rings. The molecular formula is C13H27N. The molecule has 0 radical (unpaired) electrons. The lowest BCUT2D eigenvalue weighted by molar-refractivity contribution is 0.222. The summed E-state index contributed by atoms with van der Waals surface area (Å²) in [6, 6.07) is 0.792. The lowest BCUT2D eigenvalue weighted by atomic mass is 9.80. The van der Waals surface area contributed by atoms with Crippen molar-refractivity contribution in [3.8, 4) is 0 Å². The van der Waals surface area contributed by atoms with E-state index in [1.165, 1.54) is 32.2 Å². The summed E-state index contributed by atoms with van der Waals surface area (Å²) >= 11 is 0. The highest BCUT2D eigenvalue weighted by molar-refractivity contribution is 4.81. The van der Waals surface area contributed by atoms with Crippen molar-refractivity contribution in [2.24, 2.45) is 17.8 Å². The highest BCUT2D eigenvalue weighted by atomic mass is 14.9. The van der Waals surface area contributed by atoms with Crippen LogP contribution in [-0.4, -0.2) is 12.6 Å². The molecule has 0 aromatic heterocycles. The second kappa shape index (κ2) is 5.75. The maximum atomic E-state index is 3.74. The predicted molar refractivity (Wildman–Crippen MR) is 63.4 cm³/mol. The molecule has 84 valence electrons. The minimum atomic E-state index is 0.792. The van der Waals surface area contributed by atoms with Crippen LogP contribution in [0.15, 0.2) is 0 Å². The average molecular weight is 197 g/mol. The van der Waals surface area contributed by atoms with E-state index in [1.807, 2.05) is 0 Å². The molecule has 0 aromatic carbocycles. The molecule has 1 heteroatoms. The fourth-order valence-corrected chi connectivity index (χ4v) is 2.47. The first kappa shape index (κ1) is 12.0. The molecule has 0 heterocycles. The van der Waals surface area contributed by atoms with E-state index in [4.69, 9.17) is 0 Å². The van der Waals surface area contributed by atoms with Crippen molar-refractivity contribution in [2.45, 2.75) is 59.4 Å². The zero-order valence-corrected chi connectivity index (χ0v) is 10.3. The van der Waals surface area contributed by atoms with Crippen LogP contribution >= 0.6 is 0 Å². The average Bonchev–Trinajstić information content (AvgIpc) is 2.16. The Morgan fingerprint density at radius 2 is 2.00 bits per heavy atom. The molecule has 1 aliphatic carbocycles. The first-order valence-corrected chi connectivity index (χ1v) is 6.36. The molecule has 4 atom stereocenters. The van der Waals surface area contributed by atoms with Gasteiger partial charge in [-0.1, -0.05) is 34.1 Å². The molecule has 0 spiro atoms. The summed E-state index contributed by atoms with van der Waals surface area (Å²) in [4.78, 5) is 0. The summed E-state index contributed by atoms with van der Waals surface area (Å²) in [5.41, 5.74) is 0. The quantitative estimate of drug-likeness (QED) is 0.728. The smallest absolute Gasteiger partial charge is 0.00930 e. The number of hydrogen-bond donors (Lipinski definition) is 1. The van der Waals surface area contributed by atoms with Gasteiger partial charge in [0.05, 0.1) is 0 Å². The van der Waals surface area contributed by atoms with Gasteiger partial charge in [-0.05, 0) is 43.6 Å². The van der Waals surface area contributed by atoms with Crippen LogP contribution in [0.1, 0.15) is 53.4 Å². The van der Waals surface area contributed by atoms with Crippen molar-refractivity contribution in [1.29, 1.82) is 0 Å². The van der Waals surface area contributed by atoms with Gasteiger partial charge in [0.15, 0.2) is 0 Å². The Bertz CT molecular complexity index is 155. The Balaban J connectivity index is 2.24. The van der Waals surface area contributed by atoms with E-state index in [2.05, 4.69) is 33.0 Å². The van der Waals surface area contributed by atoms with Crippen molar-refractivity contribution < 1.29 is 0 Å². The molecular weight excluding hydrogens is 170 g/mol. The van der Waals surface area contributed by atoms with Gasteiger partial charge in [-0.25, -0.2) is 0 Å². The molecule has 0 amide bonds. The predicted octanol–water partition coefficient (Wildman–Crippen LogP) is 3.45. The van der Waals surface area contributed by atoms with Crippen LogP contribution in [0.4, 0.5) is 0 Å². The van der Waals surface area contributed by atoms with E-state index in [0.717, 1.165) is 23.8 Å². The van der Waals surface area contributed by atoms with Crippen molar-refractivity contribution in [2.75, 3.05) is 6.54 Å². The van der Waals surface area contributed by atoms with Gasteiger partial charge in [-0.2, -0.15) is 0 Å². The van der Waals surface area contributed by atoms with E-state index >= 15 is 0 Å². The maximum Gasteiger partial charge on any atom is 0.00930 e. The highest BCUT2D eigenvalue weighted by Crippen LogP contribution is 2.28. The van der Waals surface area contributed by atoms with Gasteiger partial charge in [0.2, 0.25) is 0 Å². The van der Waals surface area contributed by atoms with Gasteiger partial charge in [0.1, 0.15) is 0 Å². The lowest BCUT2D eigenvalue weighted by Gasteiger charge is -2.34. The van der Waals surface area contributed by atoms with Crippen LogP contribution in [0, 0.1) is 17.8 Å². The molecule has 4 unspecified atom stereocenters. The maximum absolute atomic E-state index is 3.74. The van der Waals surface area contributed by atoms with E-state index < -0.39 is 0 Å². The molecule has 1 fully saturated rings. The summed E-state index contributed by atoms with van der Waals surface area (Å²) in [6.45, 7) is 10.6.